The summed E-state index contributed by atoms with van der Waals surface area (Å²) in [5.74, 6) is -0.390. The van der Waals surface area contributed by atoms with Gasteiger partial charge >= 0.3 is 6.03 Å². The summed E-state index contributed by atoms with van der Waals surface area (Å²) in [6, 6.07) is 8.47. The van der Waals surface area contributed by atoms with Crippen molar-refractivity contribution < 1.29 is 14.0 Å². The van der Waals surface area contributed by atoms with Gasteiger partial charge in [-0.05, 0) is 18.6 Å². The van der Waals surface area contributed by atoms with Gasteiger partial charge in [0.15, 0.2) is 5.76 Å². The summed E-state index contributed by atoms with van der Waals surface area (Å²) in [5, 5.41) is 5.79. The number of para-hydroxylation sites is 1. The average molecular weight is 302 g/mol. The minimum atomic E-state index is -0.528. The Bertz CT molecular complexity index is 601. The Kier molecular flexibility index (Phi) is 6.01. The SMILES string of the molecule is CCCCCCCNC(=O)NC(=O)c1cc2ccccc2o1. The highest BCUT2D eigenvalue weighted by atomic mass is 16.3. The molecule has 0 aliphatic carbocycles. The fourth-order valence-electron chi connectivity index (χ4n) is 2.23. The van der Waals surface area contributed by atoms with Gasteiger partial charge in [0.2, 0.25) is 0 Å². The van der Waals surface area contributed by atoms with Crippen LogP contribution in [0, 0.1) is 0 Å². The predicted molar refractivity (Wildman–Crippen MR) is 85.8 cm³/mol. The molecular formula is C17H22N2O3. The summed E-state index contributed by atoms with van der Waals surface area (Å²) >= 11 is 0. The number of fused-ring (bicyclic) bond motifs is 1. The molecule has 0 fully saturated rings. The molecule has 0 spiro atoms. The van der Waals surface area contributed by atoms with E-state index in [0.29, 0.717) is 12.1 Å². The fourth-order valence-corrected chi connectivity index (χ4v) is 2.23. The molecule has 2 aromatic rings. The first-order valence-electron chi connectivity index (χ1n) is 7.78. The number of imide groups is 1. The first kappa shape index (κ1) is 16.1. The molecule has 1 aromatic carbocycles. The van der Waals surface area contributed by atoms with E-state index in [0.717, 1.165) is 18.2 Å². The molecule has 3 amide bonds. The monoisotopic (exact) mass is 302 g/mol. The second kappa shape index (κ2) is 8.22. The Morgan fingerprint density at radius 2 is 1.86 bits per heavy atom. The van der Waals surface area contributed by atoms with Crippen molar-refractivity contribution in [3.05, 3.63) is 36.1 Å². The number of benzene rings is 1. The molecule has 0 saturated carbocycles. The summed E-state index contributed by atoms with van der Waals surface area (Å²) in [4.78, 5) is 23.6. The van der Waals surface area contributed by atoms with Crippen molar-refractivity contribution in [1.82, 2.24) is 10.6 Å². The van der Waals surface area contributed by atoms with E-state index in [-0.39, 0.29) is 5.76 Å². The van der Waals surface area contributed by atoms with Gasteiger partial charge in [0.1, 0.15) is 5.58 Å². The van der Waals surface area contributed by atoms with Crippen LogP contribution < -0.4 is 10.6 Å². The maximum Gasteiger partial charge on any atom is 0.321 e. The third-order valence-electron chi connectivity index (χ3n) is 3.44. The van der Waals surface area contributed by atoms with E-state index in [1.54, 1.807) is 12.1 Å². The van der Waals surface area contributed by atoms with E-state index in [1.165, 1.54) is 19.3 Å². The zero-order valence-corrected chi connectivity index (χ0v) is 12.9. The quantitative estimate of drug-likeness (QED) is 0.763. The summed E-state index contributed by atoms with van der Waals surface area (Å²) in [6.45, 7) is 2.73. The number of carbonyl (C=O) groups is 2. The molecule has 0 unspecified atom stereocenters. The standard InChI is InChI=1S/C17H22N2O3/c1-2-3-4-5-8-11-18-17(21)19-16(20)15-12-13-9-6-7-10-14(13)22-15/h6-7,9-10,12H,2-5,8,11H2,1H3,(H2,18,19,20,21). The van der Waals surface area contributed by atoms with Gasteiger partial charge in [0.25, 0.3) is 5.91 Å². The van der Waals surface area contributed by atoms with Crippen molar-refractivity contribution in [3.8, 4) is 0 Å². The van der Waals surface area contributed by atoms with Crippen molar-refractivity contribution in [1.29, 1.82) is 0 Å². The molecule has 5 nitrogen and oxygen atoms in total. The Morgan fingerprint density at radius 3 is 2.64 bits per heavy atom. The Morgan fingerprint density at radius 1 is 1.09 bits per heavy atom. The molecule has 118 valence electrons. The van der Waals surface area contributed by atoms with Crippen LogP contribution in [0.3, 0.4) is 0 Å². The smallest absolute Gasteiger partial charge is 0.321 e. The average Bonchev–Trinajstić information content (AvgIpc) is 2.95. The van der Waals surface area contributed by atoms with Crippen LogP contribution in [0.5, 0.6) is 0 Å². The van der Waals surface area contributed by atoms with Crippen LogP contribution >= 0.6 is 0 Å². The molecule has 0 aliphatic heterocycles. The second-order valence-corrected chi connectivity index (χ2v) is 5.27. The molecule has 1 heterocycles. The lowest BCUT2D eigenvalue weighted by atomic mass is 10.1. The fraction of sp³-hybridized carbons (Fsp3) is 0.412. The number of rotatable bonds is 7. The highest BCUT2D eigenvalue weighted by Crippen LogP contribution is 2.18. The highest BCUT2D eigenvalue weighted by Gasteiger charge is 2.14. The first-order chi connectivity index (χ1) is 10.7. The molecular weight excluding hydrogens is 280 g/mol. The normalized spacial score (nSPS) is 10.6. The number of urea groups is 1. The third-order valence-corrected chi connectivity index (χ3v) is 3.44. The minimum absolute atomic E-state index is 0.138. The summed E-state index contributed by atoms with van der Waals surface area (Å²) < 4.78 is 5.41. The third kappa shape index (κ3) is 4.62. The molecule has 0 saturated heterocycles. The van der Waals surface area contributed by atoms with Gasteiger partial charge in [-0.2, -0.15) is 0 Å². The number of nitrogens with one attached hydrogen (secondary N) is 2. The lowest BCUT2D eigenvalue weighted by Gasteiger charge is -2.05. The summed E-state index contributed by atoms with van der Waals surface area (Å²) in [6.07, 6.45) is 5.60. The summed E-state index contributed by atoms with van der Waals surface area (Å²) in [5.41, 5.74) is 0.629. The van der Waals surface area contributed by atoms with Crippen LogP contribution in [0.1, 0.15) is 49.6 Å². The number of hydrogen-bond donors (Lipinski definition) is 2. The first-order valence-corrected chi connectivity index (χ1v) is 7.78. The van der Waals surface area contributed by atoms with Gasteiger partial charge in [-0.25, -0.2) is 4.79 Å². The molecule has 2 N–H and O–H groups in total. The zero-order valence-electron chi connectivity index (χ0n) is 12.9. The van der Waals surface area contributed by atoms with Crippen LogP contribution in [0.15, 0.2) is 34.7 Å². The van der Waals surface area contributed by atoms with Crippen LogP contribution in [0.4, 0.5) is 4.79 Å². The lowest BCUT2D eigenvalue weighted by molar-refractivity contribution is 0.0939. The molecule has 0 radical (unpaired) electrons. The van der Waals surface area contributed by atoms with Gasteiger partial charge in [-0.15, -0.1) is 0 Å². The topological polar surface area (TPSA) is 71.3 Å². The lowest BCUT2D eigenvalue weighted by Crippen LogP contribution is -2.39. The van der Waals surface area contributed by atoms with Crippen molar-refractivity contribution in [3.63, 3.8) is 0 Å². The maximum atomic E-state index is 11.9. The van der Waals surface area contributed by atoms with Crippen molar-refractivity contribution in [2.75, 3.05) is 6.54 Å². The Hall–Kier alpha value is -2.30. The summed E-state index contributed by atoms with van der Waals surface area (Å²) in [7, 11) is 0. The van der Waals surface area contributed by atoms with Crippen molar-refractivity contribution >= 4 is 22.9 Å². The molecule has 0 bridgehead atoms. The van der Waals surface area contributed by atoms with Crippen LogP contribution in [0.25, 0.3) is 11.0 Å². The Balaban J connectivity index is 1.75. The number of hydrogen-bond acceptors (Lipinski definition) is 3. The van der Waals surface area contributed by atoms with Crippen LogP contribution in [-0.4, -0.2) is 18.5 Å². The van der Waals surface area contributed by atoms with E-state index in [1.807, 2.05) is 18.2 Å². The van der Waals surface area contributed by atoms with Gasteiger partial charge in [-0.3, -0.25) is 10.1 Å². The van der Waals surface area contributed by atoms with E-state index < -0.39 is 11.9 Å². The second-order valence-electron chi connectivity index (χ2n) is 5.27. The molecule has 0 aliphatic rings. The zero-order chi connectivity index (χ0) is 15.8. The van der Waals surface area contributed by atoms with E-state index >= 15 is 0 Å². The van der Waals surface area contributed by atoms with Crippen molar-refractivity contribution in [2.45, 2.75) is 39.0 Å². The molecule has 0 atom stereocenters. The maximum absolute atomic E-state index is 11.9. The molecule has 1 aromatic heterocycles. The minimum Gasteiger partial charge on any atom is -0.451 e. The number of carbonyl (C=O) groups excluding carboxylic acids is 2. The van der Waals surface area contributed by atoms with Crippen LogP contribution in [0.2, 0.25) is 0 Å². The van der Waals surface area contributed by atoms with Crippen molar-refractivity contribution in [2.24, 2.45) is 0 Å². The van der Waals surface area contributed by atoms with Gasteiger partial charge in [0, 0.05) is 11.9 Å². The number of furan rings is 1. The van der Waals surface area contributed by atoms with Gasteiger partial charge < -0.3 is 9.73 Å². The molecule has 2 rings (SSSR count). The highest BCUT2D eigenvalue weighted by molar-refractivity contribution is 6.04. The van der Waals surface area contributed by atoms with Gasteiger partial charge in [-0.1, -0.05) is 50.8 Å². The van der Waals surface area contributed by atoms with E-state index in [9.17, 15) is 9.59 Å². The van der Waals surface area contributed by atoms with Crippen LogP contribution in [-0.2, 0) is 0 Å². The largest absolute Gasteiger partial charge is 0.451 e. The molecule has 22 heavy (non-hydrogen) atoms. The number of amides is 3. The van der Waals surface area contributed by atoms with Gasteiger partial charge in [0.05, 0.1) is 0 Å². The molecule has 5 heteroatoms. The number of unbranched alkanes of at least 4 members (excludes halogenated alkanes) is 4. The van der Waals surface area contributed by atoms with E-state index in [2.05, 4.69) is 17.6 Å². The Labute approximate surface area is 130 Å². The van der Waals surface area contributed by atoms with E-state index in [4.69, 9.17) is 4.42 Å². The predicted octanol–water partition coefficient (Wildman–Crippen LogP) is 3.84.